The van der Waals surface area contributed by atoms with Gasteiger partial charge in [-0.2, -0.15) is 0 Å². The molecule has 0 bridgehead atoms. The maximum Gasteiger partial charge on any atom is 0.125 e. The molecule has 0 heterocycles. The molecule has 19 heavy (non-hydrogen) atoms. The first-order chi connectivity index (χ1) is 9.01. The molecule has 0 spiro atoms. The molecule has 0 aliphatic rings. The predicted molar refractivity (Wildman–Crippen MR) is 80.0 cm³/mol. The van der Waals surface area contributed by atoms with E-state index in [-0.39, 0.29) is 6.04 Å². The smallest absolute Gasteiger partial charge is 0.125 e. The van der Waals surface area contributed by atoms with Crippen molar-refractivity contribution in [2.75, 3.05) is 7.11 Å². The molecule has 0 aliphatic carbocycles. The Bertz CT molecular complexity index is 414. The molecule has 0 saturated carbocycles. The normalized spacial score (nSPS) is 12.5. The summed E-state index contributed by atoms with van der Waals surface area (Å²) in [7, 11) is 1.68. The van der Waals surface area contributed by atoms with E-state index in [2.05, 4.69) is 6.92 Å². The Morgan fingerprint density at radius 3 is 2.58 bits per heavy atom. The van der Waals surface area contributed by atoms with Crippen molar-refractivity contribution in [1.82, 2.24) is 0 Å². The molecule has 1 aromatic rings. The summed E-state index contributed by atoms with van der Waals surface area (Å²) < 4.78 is 5.51. The van der Waals surface area contributed by atoms with Crippen LogP contribution in [0.4, 0.5) is 0 Å². The van der Waals surface area contributed by atoms with Gasteiger partial charge in [0.15, 0.2) is 0 Å². The number of phenolic OH excluding ortho intramolecular Hbond substituents is 1. The number of phenols is 1. The van der Waals surface area contributed by atoms with Crippen LogP contribution >= 0.6 is 0 Å². The molecule has 0 fully saturated rings. The lowest BCUT2D eigenvalue weighted by Gasteiger charge is -2.18. The van der Waals surface area contributed by atoms with Gasteiger partial charge in [-0.3, -0.25) is 0 Å². The Kier molecular flexibility index (Phi) is 6.16. The van der Waals surface area contributed by atoms with Gasteiger partial charge < -0.3 is 15.6 Å². The number of hydrogen-bond acceptors (Lipinski definition) is 3. The Morgan fingerprint density at radius 2 is 2.05 bits per heavy atom. The van der Waals surface area contributed by atoms with Gasteiger partial charge in [0.2, 0.25) is 0 Å². The minimum atomic E-state index is 0.0543. The van der Waals surface area contributed by atoms with E-state index in [4.69, 9.17) is 10.5 Å². The number of nitrogens with two attached hydrogens (primary N) is 1. The van der Waals surface area contributed by atoms with E-state index in [1.807, 2.05) is 19.9 Å². The zero-order chi connectivity index (χ0) is 14.4. The Labute approximate surface area is 116 Å². The first kappa shape index (κ1) is 15.8. The summed E-state index contributed by atoms with van der Waals surface area (Å²) in [5.41, 5.74) is 8.90. The number of aromatic hydroxyl groups is 1. The summed E-state index contributed by atoms with van der Waals surface area (Å²) >= 11 is 0. The van der Waals surface area contributed by atoms with Gasteiger partial charge in [-0.1, -0.05) is 19.8 Å². The van der Waals surface area contributed by atoms with Crippen LogP contribution in [0.2, 0.25) is 0 Å². The van der Waals surface area contributed by atoms with Gasteiger partial charge in [0, 0.05) is 11.6 Å². The summed E-state index contributed by atoms with van der Waals surface area (Å²) in [4.78, 5) is 0. The van der Waals surface area contributed by atoms with Crippen LogP contribution in [0.5, 0.6) is 11.5 Å². The molecule has 3 nitrogen and oxygen atoms in total. The molecule has 0 aromatic heterocycles. The molecule has 0 aliphatic heterocycles. The van der Waals surface area contributed by atoms with Crippen molar-refractivity contribution in [2.24, 2.45) is 5.73 Å². The molecule has 3 N–H and O–H groups in total. The molecule has 3 heteroatoms. The van der Waals surface area contributed by atoms with E-state index in [1.54, 1.807) is 7.11 Å². The van der Waals surface area contributed by atoms with Crippen LogP contribution in [-0.2, 0) is 12.8 Å². The molecular weight excluding hydrogens is 238 g/mol. The molecule has 0 radical (unpaired) electrons. The third-order valence-corrected chi connectivity index (χ3v) is 3.48. The Balaban J connectivity index is 3.07. The average molecular weight is 265 g/mol. The lowest BCUT2D eigenvalue weighted by molar-refractivity contribution is 0.400. The van der Waals surface area contributed by atoms with Crippen molar-refractivity contribution in [3.05, 3.63) is 22.8 Å². The van der Waals surface area contributed by atoms with Crippen LogP contribution < -0.4 is 10.5 Å². The third kappa shape index (κ3) is 4.13. The van der Waals surface area contributed by atoms with Gasteiger partial charge in [0.05, 0.1) is 7.11 Å². The largest absolute Gasteiger partial charge is 0.508 e. The van der Waals surface area contributed by atoms with Crippen molar-refractivity contribution in [2.45, 2.75) is 58.9 Å². The number of hydrogen-bond donors (Lipinski definition) is 2. The highest BCUT2D eigenvalue weighted by molar-refractivity contribution is 5.53. The van der Waals surface area contributed by atoms with Gasteiger partial charge in [-0.05, 0) is 50.3 Å². The monoisotopic (exact) mass is 265 g/mol. The molecule has 0 saturated heterocycles. The van der Waals surface area contributed by atoms with Crippen molar-refractivity contribution in [3.8, 4) is 11.5 Å². The molecule has 1 rings (SSSR count). The minimum Gasteiger partial charge on any atom is -0.508 e. The molecule has 108 valence electrons. The highest BCUT2D eigenvalue weighted by Crippen LogP contribution is 2.34. The molecule has 1 unspecified atom stereocenters. The van der Waals surface area contributed by atoms with E-state index >= 15 is 0 Å². The highest BCUT2D eigenvalue weighted by atomic mass is 16.5. The van der Waals surface area contributed by atoms with Gasteiger partial charge >= 0.3 is 0 Å². The number of ether oxygens (including phenoxy) is 1. The van der Waals surface area contributed by atoms with Gasteiger partial charge in [0.1, 0.15) is 11.5 Å². The van der Waals surface area contributed by atoms with E-state index < -0.39 is 0 Å². The fourth-order valence-corrected chi connectivity index (χ4v) is 2.54. The van der Waals surface area contributed by atoms with Crippen LogP contribution in [0.25, 0.3) is 0 Å². The lowest BCUT2D eigenvalue weighted by Crippen LogP contribution is -2.18. The van der Waals surface area contributed by atoms with Gasteiger partial charge in [-0.25, -0.2) is 0 Å². The lowest BCUT2D eigenvalue weighted by atomic mass is 9.95. The SMILES string of the molecule is CCCCCc1c(O)cc(CC(C)N)c(OC)c1C. The van der Waals surface area contributed by atoms with E-state index in [0.717, 1.165) is 35.3 Å². The van der Waals surface area contributed by atoms with Crippen LogP contribution in [-0.4, -0.2) is 18.3 Å². The zero-order valence-corrected chi connectivity index (χ0v) is 12.6. The second-order valence-corrected chi connectivity index (χ2v) is 5.33. The van der Waals surface area contributed by atoms with Crippen molar-refractivity contribution in [1.29, 1.82) is 0 Å². The standard InChI is InChI=1S/C16H27NO2/c1-5-6-7-8-14-12(3)16(19-4)13(9-11(2)17)10-15(14)18/h10-11,18H,5-9,17H2,1-4H3. The van der Waals surface area contributed by atoms with Crippen molar-refractivity contribution < 1.29 is 9.84 Å². The maximum atomic E-state index is 10.2. The first-order valence-electron chi connectivity index (χ1n) is 7.15. The molecule has 1 aromatic carbocycles. The predicted octanol–water partition coefficient (Wildman–Crippen LogP) is 3.33. The number of unbranched alkanes of at least 4 members (excludes halogenated alkanes) is 2. The topological polar surface area (TPSA) is 55.5 Å². The second-order valence-electron chi connectivity index (χ2n) is 5.33. The molecule has 1 atom stereocenters. The van der Waals surface area contributed by atoms with Crippen LogP contribution in [0.1, 0.15) is 49.8 Å². The first-order valence-corrected chi connectivity index (χ1v) is 7.15. The van der Waals surface area contributed by atoms with Gasteiger partial charge in [0.25, 0.3) is 0 Å². The van der Waals surface area contributed by atoms with Crippen LogP contribution in [0.15, 0.2) is 6.07 Å². The molecule has 0 amide bonds. The fourth-order valence-electron chi connectivity index (χ4n) is 2.54. The highest BCUT2D eigenvalue weighted by Gasteiger charge is 2.16. The maximum absolute atomic E-state index is 10.2. The summed E-state index contributed by atoms with van der Waals surface area (Å²) in [6.07, 6.45) is 5.08. The van der Waals surface area contributed by atoms with E-state index in [9.17, 15) is 5.11 Å². The molecular formula is C16H27NO2. The Morgan fingerprint density at radius 1 is 1.37 bits per heavy atom. The second kappa shape index (κ2) is 7.39. The van der Waals surface area contributed by atoms with Gasteiger partial charge in [-0.15, -0.1) is 0 Å². The fraction of sp³-hybridized carbons (Fsp3) is 0.625. The summed E-state index contributed by atoms with van der Waals surface area (Å²) in [5, 5.41) is 10.2. The third-order valence-electron chi connectivity index (χ3n) is 3.48. The minimum absolute atomic E-state index is 0.0543. The van der Waals surface area contributed by atoms with Crippen molar-refractivity contribution in [3.63, 3.8) is 0 Å². The number of methoxy groups -OCH3 is 1. The summed E-state index contributed by atoms with van der Waals surface area (Å²) in [6, 6.07) is 1.87. The van der Waals surface area contributed by atoms with E-state index in [0.29, 0.717) is 12.2 Å². The van der Waals surface area contributed by atoms with Crippen molar-refractivity contribution >= 4 is 0 Å². The van der Waals surface area contributed by atoms with Crippen LogP contribution in [0.3, 0.4) is 0 Å². The summed E-state index contributed by atoms with van der Waals surface area (Å²) in [6.45, 7) is 6.16. The zero-order valence-electron chi connectivity index (χ0n) is 12.6. The van der Waals surface area contributed by atoms with E-state index in [1.165, 1.54) is 12.8 Å². The number of rotatable bonds is 7. The van der Waals surface area contributed by atoms with Crippen LogP contribution in [0, 0.1) is 6.92 Å². The quantitative estimate of drug-likeness (QED) is 0.743. The average Bonchev–Trinajstić information content (AvgIpc) is 2.33. The Hall–Kier alpha value is -1.22. The number of benzene rings is 1. The summed E-state index contributed by atoms with van der Waals surface area (Å²) in [5.74, 6) is 1.26.